The summed E-state index contributed by atoms with van der Waals surface area (Å²) in [5, 5.41) is -0.286. The zero-order chi connectivity index (χ0) is 11.9. The summed E-state index contributed by atoms with van der Waals surface area (Å²) >= 11 is 0. The van der Waals surface area contributed by atoms with Gasteiger partial charge in [0.15, 0.2) is 5.03 Å². The number of sulfonamides is 1. The number of aryl methyl sites for hydroxylation is 1. The number of hydrogen-bond acceptors (Lipinski definition) is 3. The molecule has 0 fully saturated rings. The Hall–Kier alpha value is -1.47. The van der Waals surface area contributed by atoms with Crippen LogP contribution in [0.25, 0.3) is 5.52 Å². The topological polar surface area (TPSA) is 63.5 Å². The van der Waals surface area contributed by atoms with E-state index in [1.54, 1.807) is 13.1 Å². The van der Waals surface area contributed by atoms with Gasteiger partial charge in [0.05, 0.1) is 0 Å². The van der Waals surface area contributed by atoms with E-state index in [0.717, 1.165) is 0 Å². The first-order chi connectivity index (χ1) is 7.47. The number of nitrogens with one attached hydrogen (secondary N) is 1. The summed E-state index contributed by atoms with van der Waals surface area (Å²) in [5.74, 6) is -0.194. The molecule has 0 saturated heterocycles. The van der Waals surface area contributed by atoms with Crippen molar-refractivity contribution in [2.45, 2.75) is 11.9 Å². The molecule has 0 aliphatic heterocycles. The van der Waals surface area contributed by atoms with Gasteiger partial charge in [0.2, 0.25) is 0 Å². The predicted octanol–water partition coefficient (Wildman–Crippen LogP) is 0.690. The molecular weight excluding hydrogens is 233 g/mol. The van der Waals surface area contributed by atoms with E-state index in [1.165, 1.54) is 23.6 Å². The average Bonchev–Trinajstić information content (AvgIpc) is 2.59. The molecule has 7 heteroatoms. The lowest BCUT2D eigenvalue weighted by molar-refractivity contribution is 0.583. The maximum atomic E-state index is 13.6. The van der Waals surface area contributed by atoms with Gasteiger partial charge in [-0.25, -0.2) is 22.5 Å². The first kappa shape index (κ1) is 11.0. The maximum Gasteiger partial charge on any atom is 0.260 e. The van der Waals surface area contributed by atoms with Crippen molar-refractivity contribution in [3.63, 3.8) is 0 Å². The van der Waals surface area contributed by atoms with Crippen LogP contribution < -0.4 is 4.72 Å². The molecule has 0 atom stereocenters. The number of fused-ring (bicyclic) bond motifs is 1. The Bertz CT molecular complexity index is 648. The molecule has 1 N–H and O–H groups in total. The van der Waals surface area contributed by atoms with E-state index in [-0.39, 0.29) is 10.5 Å². The molecule has 2 aromatic rings. The van der Waals surface area contributed by atoms with Crippen LogP contribution in [-0.4, -0.2) is 24.9 Å². The highest BCUT2D eigenvalue weighted by Crippen LogP contribution is 2.20. The first-order valence-electron chi connectivity index (χ1n) is 4.54. The summed E-state index contributed by atoms with van der Waals surface area (Å²) in [5.41, 5.74) is -0.0330. The molecule has 2 heterocycles. The van der Waals surface area contributed by atoms with Crippen LogP contribution in [0.15, 0.2) is 23.4 Å². The van der Waals surface area contributed by atoms with Crippen molar-refractivity contribution in [3.05, 3.63) is 30.0 Å². The highest BCUT2D eigenvalue weighted by Gasteiger charge is 2.22. The molecule has 0 aliphatic rings. The van der Waals surface area contributed by atoms with E-state index >= 15 is 0 Å². The molecule has 0 unspecified atom stereocenters. The lowest BCUT2D eigenvalue weighted by Crippen LogP contribution is -2.19. The lowest BCUT2D eigenvalue weighted by Gasteiger charge is -2.00. The highest BCUT2D eigenvalue weighted by atomic mass is 32.2. The SMILES string of the molecule is CNS(=O)(=O)c1nc(C)n2cccc(F)c12. The minimum Gasteiger partial charge on any atom is -0.300 e. The number of nitrogens with zero attached hydrogens (tertiary/aromatic N) is 2. The molecule has 2 aromatic heterocycles. The van der Waals surface area contributed by atoms with Gasteiger partial charge >= 0.3 is 0 Å². The van der Waals surface area contributed by atoms with Crippen LogP contribution in [0, 0.1) is 12.7 Å². The minimum absolute atomic E-state index is 0.0330. The van der Waals surface area contributed by atoms with Crippen LogP contribution in [0.4, 0.5) is 4.39 Å². The van der Waals surface area contributed by atoms with Gasteiger partial charge in [-0.2, -0.15) is 0 Å². The minimum atomic E-state index is -3.75. The Morgan fingerprint density at radius 2 is 2.19 bits per heavy atom. The van der Waals surface area contributed by atoms with Crippen LogP contribution in [-0.2, 0) is 10.0 Å². The molecule has 0 aromatic carbocycles. The summed E-state index contributed by atoms with van der Waals surface area (Å²) in [4.78, 5) is 3.87. The van der Waals surface area contributed by atoms with Gasteiger partial charge in [0.25, 0.3) is 10.0 Å². The van der Waals surface area contributed by atoms with Crippen molar-refractivity contribution >= 4 is 15.5 Å². The van der Waals surface area contributed by atoms with E-state index in [9.17, 15) is 12.8 Å². The summed E-state index contributed by atoms with van der Waals surface area (Å²) in [7, 11) is -2.49. The Kier molecular flexibility index (Phi) is 2.43. The van der Waals surface area contributed by atoms with Gasteiger partial charge < -0.3 is 4.40 Å². The van der Waals surface area contributed by atoms with Gasteiger partial charge in [-0.1, -0.05) is 0 Å². The molecule has 16 heavy (non-hydrogen) atoms. The number of pyridine rings is 1. The molecule has 0 radical (unpaired) electrons. The number of rotatable bonds is 2. The van der Waals surface area contributed by atoms with E-state index in [2.05, 4.69) is 9.71 Å². The van der Waals surface area contributed by atoms with Crippen LogP contribution in [0.5, 0.6) is 0 Å². The fraction of sp³-hybridized carbons (Fsp3) is 0.222. The smallest absolute Gasteiger partial charge is 0.260 e. The average molecular weight is 243 g/mol. The molecule has 0 saturated carbocycles. The molecule has 0 bridgehead atoms. The standard InChI is InChI=1S/C9H10FN3O2S/c1-6-12-9(16(14,15)11-2)8-7(10)4-3-5-13(6)8/h3-5,11H,1-2H3. The van der Waals surface area contributed by atoms with Crippen molar-refractivity contribution in [1.29, 1.82) is 0 Å². The molecular formula is C9H10FN3O2S. The van der Waals surface area contributed by atoms with Crippen molar-refractivity contribution in [3.8, 4) is 0 Å². The quantitative estimate of drug-likeness (QED) is 0.844. The second-order valence-electron chi connectivity index (χ2n) is 3.25. The van der Waals surface area contributed by atoms with Crippen LogP contribution in [0.1, 0.15) is 5.82 Å². The molecule has 5 nitrogen and oxygen atoms in total. The molecule has 0 spiro atoms. The van der Waals surface area contributed by atoms with Crippen molar-refractivity contribution < 1.29 is 12.8 Å². The van der Waals surface area contributed by atoms with Crippen LogP contribution in [0.3, 0.4) is 0 Å². The first-order valence-corrected chi connectivity index (χ1v) is 6.02. The van der Waals surface area contributed by atoms with Gasteiger partial charge in [-0.3, -0.25) is 0 Å². The lowest BCUT2D eigenvalue weighted by atomic mass is 10.4. The number of aromatic nitrogens is 2. The zero-order valence-electron chi connectivity index (χ0n) is 8.73. The molecule has 0 aliphatic carbocycles. The van der Waals surface area contributed by atoms with Crippen molar-refractivity contribution in [2.24, 2.45) is 0 Å². The van der Waals surface area contributed by atoms with E-state index in [1.807, 2.05) is 0 Å². The Labute approximate surface area is 92.0 Å². The number of hydrogen-bond donors (Lipinski definition) is 1. The fourth-order valence-electron chi connectivity index (χ4n) is 1.49. The summed E-state index contributed by atoms with van der Waals surface area (Å²) < 4.78 is 40.3. The molecule has 86 valence electrons. The molecule has 2 rings (SSSR count). The van der Waals surface area contributed by atoms with E-state index in [0.29, 0.717) is 5.82 Å². The predicted molar refractivity (Wildman–Crippen MR) is 56.1 cm³/mol. The number of halogens is 1. The third kappa shape index (κ3) is 1.48. The second kappa shape index (κ2) is 3.53. The number of imidazole rings is 1. The van der Waals surface area contributed by atoms with Crippen molar-refractivity contribution in [1.82, 2.24) is 14.1 Å². The summed E-state index contributed by atoms with van der Waals surface area (Å²) in [6.07, 6.45) is 1.56. The largest absolute Gasteiger partial charge is 0.300 e. The summed E-state index contributed by atoms with van der Waals surface area (Å²) in [6.45, 7) is 1.61. The highest BCUT2D eigenvalue weighted by molar-refractivity contribution is 7.89. The third-order valence-corrected chi connectivity index (χ3v) is 3.61. The van der Waals surface area contributed by atoms with Crippen molar-refractivity contribution in [2.75, 3.05) is 7.05 Å². The Morgan fingerprint density at radius 3 is 2.81 bits per heavy atom. The van der Waals surface area contributed by atoms with Gasteiger partial charge in [0.1, 0.15) is 17.2 Å². The van der Waals surface area contributed by atoms with E-state index < -0.39 is 15.8 Å². The molecule has 0 amide bonds. The van der Waals surface area contributed by atoms with E-state index in [4.69, 9.17) is 0 Å². The Balaban J connectivity index is 2.93. The monoisotopic (exact) mass is 243 g/mol. The summed E-state index contributed by atoms with van der Waals surface area (Å²) in [6, 6.07) is 2.69. The third-order valence-electron chi connectivity index (χ3n) is 2.28. The second-order valence-corrected chi connectivity index (χ2v) is 5.05. The Morgan fingerprint density at radius 1 is 1.50 bits per heavy atom. The van der Waals surface area contributed by atoms with Crippen LogP contribution in [0.2, 0.25) is 0 Å². The van der Waals surface area contributed by atoms with Gasteiger partial charge in [-0.15, -0.1) is 0 Å². The van der Waals surface area contributed by atoms with Crippen LogP contribution >= 0.6 is 0 Å². The normalized spacial score (nSPS) is 12.2. The van der Waals surface area contributed by atoms with Gasteiger partial charge in [0, 0.05) is 6.20 Å². The van der Waals surface area contributed by atoms with Gasteiger partial charge in [-0.05, 0) is 26.1 Å². The maximum absolute atomic E-state index is 13.6. The fourth-order valence-corrected chi connectivity index (χ4v) is 2.39. The zero-order valence-corrected chi connectivity index (χ0v) is 9.55.